The molecule has 0 aliphatic carbocycles. The van der Waals surface area contributed by atoms with Gasteiger partial charge in [0.05, 0.1) is 0 Å². The van der Waals surface area contributed by atoms with Crippen molar-refractivity contribution >= 4 is 11.8 Å². The second-order valence-corrected chi connectivity index (χ2v) is 7.26. The highest BCUT2D eigenvalue weighted by atomic mass is 32.2. The molecule has 1 fully saturated rings. The first-order chi connectivity index (χ1) is 8.50. The van der Waals surface area contributed by atoms with E-state index in [1.807, 2.05) is 0 Å². The fourth-order valence-electron chi connectivity index (χ4n) is 2.67. The van der Waals surface area contributed by atoms with Crippen LogP contribution in [0.4, 0.5) is 0 Å². The van der Waals surface area contributed by atoms with E-state index in [0.29, 0.717) is 17.5 Å². The number of thioether (sulfide) groups is 1. The summed E-state index contributed by atoms with van der Waals surface area (Å²) in [6.45, 7) is 9.29. The van der Waals surface area contributed by atoms with Crippen LogP contribution >= 0.6 is 11.8 Å². The lowest BCUT2D eigenvalue weighted by Gasteiger charge is -2.40. The lowest BCUT2D eigenvalue weighted by Crippen LogP contribution is -2.47. The summed E-state index contributed by atoms with van der Waals surface area (Å²) in [7, 11) is 0. The second-order valence-electron chi connectivity index (χ2n) is 6.11. The Kier molecular flexibility index (Phi) is 4.39. The first-order valence-corrected chi connectivity index (χ1v) is 8.05. The Hall–Kier alpha value is -0.470. The van der Waals surface area contributed by atoms with Crippen molar-refractivity contribution in [2.45, 2.75) is 46.2 Å². The van der Waals surface area contributed by atoms with Gasteiger partial charge in [-0.15, -0.1) is 0 Å². The Morgan fingerprint density at radius 1 is 1.33 bits per heavy atom. The lowest BCUT2D eigenvalue weighted by molar-refractivity contribution is 0.232. The highest BCUT2D eigenvalue weighted by molar-refractivity contribution is 7.99. The molecule has 1 aromatic rings. The van der Waals surface area contributed by atoms with Gasteiger partial charge < -0.3 is 5.32 Å². The standard InChI is InChI=1S/C16H25NS/c1-12-7-5-6-8-14(12)13(2)17-15-11-18-10-9-16(15,3)4/h5-8,13,15,17H,9-11H2,1-4H3. The van der Waals surface area contributed by atoms with E-state index in [-0.39, 0.29) is 0 Å². The maximum absolute atomic E-state index is 3.85. The Bertz CT molecular complexity index is 400. The highest BCUT2D eigenvalue weighted by Gasteiger charge is 2.33. The molecule has 2 heteroatoms. The Morgan fingerprint density at radius 3 is 2.72 bits per heavy atom. The summed E-state index contributed by atoms with van der Waals surface area (Å²) in [6, 6.07) is 9.76. The average molecular weight is 263 g/mol. The molecule has 0 bridgehead atoms. The van der Waals surface area contributed by atoms with Crippen LogP contribution in [0.5, 0.6) is 0 Å². The van der Waals surface area contributed by atoms with Gasteiger partial charge in [0.2, 0.25) is 0 Å². The molecule has 0 saturated carbocycles. The number of benzene rings is 1. The Labute approximate surface area is 116 Å². The quantitative estimate of drug-likeness (QED) is 0.878. The fourth-order valence-corrected chi connectivity index (χ4v) is 4.29. The van der Waals surface area contributed by atoms with Crippen LogP contribution in [0, 0.1) is 12.3 Å². The summed E-state index contributed by atoms with van der Waals surface area (Å²) in [5.74, 6) is 2.55. The van der Waals surface area contributed by atoms with Crippen molar-refractivity contribution in [2.75, 3.05) is 11.5 Å². The maximum atomic E-state index is 3.85. The molecule has 18 heavy (non-hydrogen) atoms. The molecule has 0 aromatic heterocycles. The molecule has 1 aliphatic rings. The maximum Gasteiger partial charge on any atom is 0.0297 e. The van der Waals surface area contributed by atoms with Gasteiger partial charge in [0, 0.05) is 17.8 Å². The normalized spacial score (nSPS) is 24.8. The van der Waals surface area contributed by atoms with Crippen LogP contribution in [-0.2, 0) is 0 Å². The van der Waals surface area contributed by atoms with Gasteiger partial charge >= 0.3 is 0 Å². The van der Waals surface area contributed by atoms with Crippen molar-refractivity contribution in [3.63, 3.8) is 0 Å². The largest absolute Gasteiger partial charge is 0.306 e. The van der Waals surface area contributed by atoms with Crippen molar-refractivity contribution in [1.82, 2.24) is 5.32 Å². The van der Waals surface area contributed by atoms with Crippen LogP contribution in [0.15, 0.2) is 24.3 Å². The third-order valence-electron chi connectivity index (χ3n) is 4.22. The monoisotopic (exact) mass is 263 g/mol. The number of hydrogen-bond donors (Lipinski definition) is 1. The first kappa shape index (κ1) is 14.0. The van der Waals surface area contributed by atoms with E-state index in [1.165, 1.54) is 29.1 Å². The summed E-state index contributed by atoms with van der Waals surface area (Å²) in [5.41, 5.74) is 3.24. The van der Waals surface area contributed by atoms with Gasteiger partial charge in [0.15, 0.2) is 0 Å². The first-order valence-electron chi connectivity index (χ1n) is 6.90. The van der Waals surface area contributed by atoms with Crippen LogP contribution in [0.25, 0.3) is 0 Å². The zero-order valence-corrected chi connectivity index (χ0v) is 12.8. The number of hydrogen-bond acceptors (Lipinski definition) is 2. The van der Waals surface area contributed by atoms with Crippen LogP contribution in [0.2, 0.25) is 0 Å². The average Bonchev–Trinajstić information content (AvgIpc) is 2.32. The van der Waals surface area contributed by atoms with Crippen molar-refractivity contribution in [2.24, 2.45) is 5.41 Å². The minimum Gasteiger partial charge on any atom is -0.306 e. The molecule has 100 valence electrons. The second kappa shape index (κ2) is 5.66. The van der Waals surface area contributed by atoms with E-state index in [0.717, 1.165) is 0 Å². The number of rotatable bonds is 3. The van der Waals surface area contributed by atoms with E-state index in [1.54, 1.807) is 0 Å². The van der Waals surface area contributed by atoms with Crippen LogP contribution in [0.3, 0.4) is 0 Å². The van der Waals surface area contributed by atoms with Gasteiger partial charge in [0.1, 0.15) is 0 Å². The molecule has 1 nitrogen and oxygen atoms in total. The predicted octanol–water partition coefficient (Wildman–Crippen LogP) is 4.18. The topological polar surface area (TPSA) is 12.0 Å². The molecule has 1 saturated heterocycles. The molecular formula is C16H25NS. The molecule has 1 aromatic carbocycles. The summed E-state index contributed by atoms with van der Waals surface area (Å²) >= 11 is 2.08. The summed E-state index contributed by atoms with van der Waals surface area (Å²) < 4.78 is 0. The zero-order valence-electron chi connectivity index (χ0n) is 12.0. The summed E-state index contributed by atoms with van der Waals surface area (Å²) in [5, 5.41) is 3.85. The van der Waals surface area contributed by atoms with Crippen LogP contribution in [0.1, 0.15) is 44.4 Å². The third-order valence-corrected chi connectivity index (χ3v) is 5.29. The van der Waals surface area contributed by atoms with Crippen molar-refractivity contribution in [3.05, 3.63) is 35.4 Å². The minimum absolute atomic E-state index is 0.419. The molecule has 1 heterocycles. The molecule has 0 radical (unpaired) electrons. The van der Waals surface area contributed by atoms with Gasteiger partial charge in [-0.25, -0.2) is 0 Å². The van der Waals surface area contributed by atoms with E-state index in [4.69, 9.17) is 0 Å². The van der Waals surface area contributed by atoms with Gasteiger partial charge in [-0.3, -0.25) is 0 Å². The number of nitrogens with one attached hydrogen (secondary N) is 1. The Balaban J connectivity index is 2.07. The molecule has 2 atom stereocenters. The lowest BCUT2D eigenvalue weighted by atomic mass is 9.81. The van der Waals surface area contributed by atoms with Crippen molar-refractivity contribution < 1.29 is 0 Å². The van der Waals surface area contributed by atoms with Crippen molar-refractivity contribution in [3.8, 4) is 0 Å². The van der Waals surface area contributed by atoms with Crippen LogP contribution in [-0.4, -0.2) is 17.5 Å². The van der Waals surface area contributed by atoms with Crippen LogP contribution < -0.4 is 5.32 Å². The summed E-state index contributed by atoms with van der Waals surface area (Å²) in [4.78, 5) is 0. The number of aryl methyl sites for hydroxylation is 1. The third kappa shape index (κ3) is 3.10. The van der Waals surface area contributed by atoms with E-state index >= 15 is 0 Å². The van der Waals surface area contributed by atoms with Gasteiger partial charge in [-0.05, 0) is 42.6 Å². The fraction of sp³-hybridized carbons (Fsp3) is 0.625. The molecule has 0 spiro atoms. The van der Waals surface area contributed by atoms with E-state index in [2.05, 4.69) is 69.0 Å². The van der Waals surface area contributed by atoms with Gasteiger partial charge in [0.25, 0.3) is 0 Å². The molecule has 1 aliphatic heterocycles. The minimum atomic E-state index is 0.419. The summed E-state index contributed by atoms with van der Waals surface area (Å²) in [6.07, 6.45) is 1.32. The SMILES string of the molecule is Cc1ccccc1C(C)NC1CSCCC1(C)C. The van der Waals surface area contributed by atoms with Gasteiger partial charge in [-0.2, -0.15) is 11.8 Å². The van der Waals surface area contributed by atoms with E-state index < -0.39 is 0 Å². The molecule has 2 rings (SSSR count). The molecule has 2 unspecified atom stereocenters. The zero-order chi connectivity index (χ0) is 13.2. The van der Waals surface area contributed by atoms with E-state index in [9.17, 15) is 0 Å². The molecular weight excluding hydrogens is 238 g/mol. The highest BCUT2D eigenvalue weighted by Crippen LogP contribution is 2.35. The van der Waals surface area contributed by atoms with Gasteiger partial charge in [-0.1, -0.05) is 38.1 Å². The smallest absolute Gasteiger partial charge is 0.0297 e. The predicted molar refractivity (Wildman–Crippen MR) is 82.2 cm³/mol. The molecule has 1 N–H and O–H groups in total. The Morgan fingerprint density at radius 2 is 2.06 bits per heavy atom. The molecule has 0 amide bonds. The van der Waals surface area contributed by atoms with Crippen molar-refractivity contribution in [1.29, 1.82) is 0 Å².